The summed E-state index contributed by atoms with van der Waals surface area (Å²) in [6.07, 6.45) is 0.813. The summed E-state index contributed by atoms with van der Waals surface area (Å²) in [6.45, 7) is 11.1. The van der Waals surface area contributed by atoms with Gasteiger partial charge < -0.3 is 16.0 Å². The molecular formula is C20H31N3O3. The van der Waals surface area contributed by atoms with Crippen molar-refractivity contribution >= 4 is 17.7 Å². The van der Waals surface area contributed by atoms with Crippen LogP contribution in [0, 0.1) is 12.8 Å². The number of carbonyl (C=O) groups is 3. The molecule has 0 saturated carbocycles. The first-order valence-electron chi connectivity index (χ1n) is 9.14. The van der Waals surface area contributed by atoms with E-state index in [1.165, 1.54) is 0 Å². The Morgan fingerprint density at radius 2 is 1.54 bits per heavy atom. The van der Waals surface area contributed by atoms with Crippen molar-refractivity contribution in [2.45, 2.75) is 66.1 Å². The lowest BCUT2D eigenvalue weighted by Gasteiger charge is -2.24. The first-order chi connectivity index (χ1) is 12.2. The Bertz CT molecular complexity index is 643. The van der Waals surface area contributed by atoms with Crippen LogP contribution < -0.4 is 16.0 Å². The van der Waals surface area contributed by atoms with Crippen molar-refractivity contribution in [3.63, 3.8) is 0 Å². The molecular weight excluding hydrogens is 330 g/mol. The molecule has 0 heterocycles. The molecule has 0 spiro atoms. The van der Waals surface area contributed by atoms with Crippen LogP contribution in [0.3, 0.4) is 0 Å². The fourth-order valence-electron chi connectivity index (χ4n) is 2.42. The van der Waals surface area contributed by atoms with E-state index < -0.39 is 12.1 Å². The number of carbonyl (C=O) groups excluding carboxylic acids is 3. The summed E-state index contributed by atoms with van der Waals surface area (Å²) in [5.41, 5.74) is 1.38. The second-order valence-electron chi connectivity index (χ2n) is 7.06. The molecule has 0 aliphatic rings. The monoisotopic (exact) mass is 361 g/mol. The van der Waals surface area contributed by atoms with Crippen LogP contribution >= 0.6 is 0 Å². The van der Waals surface area contributed by atoms with Crippen LogP contribution in [0.2, 0.25) is 0 Å². The second-order valence-corrected chi connectivity index (χ2v) is 7.06. The number of amides is 3. The summed E-state index contributed by atoms with van der Waals surface area (Å²) in [4.78, 5) is 37.2. The van der Waals surface area contributed by atoms with Crippen LogP contribution in [0.4, 0.5) is 0 Å². The molecule has 0 unspecified atom stereocenters. The highest BCUT2D eigenvalue weighted by Crippen LogP contribution is 2.09. The van der Waals surface area contributed by atoms with E-state index in [-0.39, 0.29) is 29.7 Å². The van der Waals surface area contributed by atoms with E-state index in [4.69, 9.17) is 0 Å². The number of nitrogens with one attached hydrogen (secondary N) is 3. The van der Waals surface area contributed by atoms with E-state index in [0.717, 1.165) is 12.0 Å². The molecule has 0 aromatic heterocycles. The summed E-state index contributed by atoms with van der Waals surface area (Å²) < 4.78 is 0. The Balaban J connectivity index is 2.77. The Morgan fingerprint density at radius 3 is 2.08 bits per heavy atom. The van der Waals surface area contributed by atoms with Gasteiger partial charge in [-0.1, -0.05) is 39.0 Å². The predicted molar refractivity (Wildman–Crippen MR) is 103 cm³/mol. The summed E-state index contributed by atoms with van der Waals surface area (Å²) in [5, 5.41) is 8.32. The van der Waals surface area contributed by atoms with E-state index in [1.807, 2.05) is 46.8 Å². The molecule has 1 rings (SSSR count). The molecule has 6 nitrogen and oxygen atoms in total. The minimum atomic E-state index is -0.721. The van der Waals surface area contributed by atoms with Crippen LogP contribution in [0.1, 0.15) is 57.0 Å². The van der Waals surface area contributed by atoms with E-state index in [9.17, 15) is 14.4 Å². The van der Waals surface area contributed by atoms with Gasteiger partial charge in [-0.2, -0.15) is 0 Å². The van der Waals surface area contributed by atoms with Gasteiger partial charge in [0.25, 0.3) is 5.91 Å². The lowest BCUT2D eigenvalue weighted by Crippen LogP contribution is -2.55. The van der Waals surface area contributed by atoms with Gasteiger partial charge in [0.2, 0.25) is 11.8 Å². The van der Waals surface area contributed by atoms with Gasteiger partial charge in [0.1, 0.15) is 12.1 Å². The SMILES string of the molecule is CC[C@H](C)NC(=O)[C@H](C)NC(=O)[C@@H](NC(=O)c1ccccc1C)C(C)C. The third-order valence-corrected chi connectivity index (χ3v) is 4.38. The van der Waals surface area contributed by atoms with Gasteiger partial charge in [-0.25, -0.2) is 0 Å². The normalized spacial score (nSPS) is 14.3. The van der Waals surface area contributed by atoms with Crippen LogP contribution in [0.25, 0.3) is 0 Å². The molecule has 6 heteroatoms. The standard InChI is InChI=1S/C20H31N3O3/c1-7-14(5)21-18(24)15(6)22-20(26)17(12(2)3)23-19(25)16-11-9-8-10-13(16)4/h8-12,14-15,17H,7H2,1-6H3,(H,21,24)(H,22,26)(H,23,25)/t14-,15-,17-/m0/s1. The van der Waals surface area contributed by atoms with E-state index in [0.29, 0.717) is 5.56 Å². The summed E-state index contributed by atoms with van der Waals surface area (Å²) in [6, 6.07) is 5.87. The maximum Gasteiger partial charge on any atom is 0.252 e. The van der Waals surface area contributed by atoms with Crippen molar-refractivity contribution in [1.29, 1.82) is 0 Å². The molecule has 0 bridgehead atoms. The fraction of sp³-hybridized carbons (Fsp3) is 0.550. The smallest absolute Gasteiger partial charge is 0.252 e. The zero-order valence-electron chi connectivity index (χ0n) is 16.6. The average Bonchev–Trinajstić information content (AvgIpc) is 2.58. The van der Waals surface area contributed by atoms with Crippen molar-refractivity contribution in [2.75, 3.05) is 0 Å². The molecule has 0 aliphatic carbocycles. The van der Waals surface area contributed by atoms with Crippen LogP contribution in [0.5, 0.6) is 0 Å². The van der Waals surface area contributed by atoms with Gasteiger partial charge in [-0.15, -0.1) is 0 Å². The maximum absolute atomic E-state index is 12.6. The lowest BCUT2D eigenvalue weighted by molar-refractivity contribution is -0.130. The summed E-state index contributed by atoms with van der Waals surface area (Å²) >= 11 is 0. The molecule has 26 heavy (non-hydrogen) atoms. The third kappa shape index (κ3) is 6.17. The van der Waals surface area contributed by atoms with Gasteiger partial charge in [0, 0.05) is 11.6 Å². The van der Waals surface area contributed by atoms with E-state index in [2.05, 4.69) is 16.0 Å². The Labute approximate surface area is 156 Å². The number of aryl methyl sites for hydroxylation is 1. The van der Waals surface area contributed by atoms with Crippen molar-refractivity contribution in [3.8, 4) is 0 Å². The van der Waals surface area contributed by atoms with Crippen molar-refractivity contribution < 1.29 is 14.4 Å². The Morgan fingerprint density at radius 1 is 0.923 bits per heavy atom. The highest BCUT2D eigenvalue weighted by atomic mass is 16.2. The number of benzene rings is 1. The summed E-state index contributed by atoms with van der Waals surface area (Å²) in [5.74, 6) is -1.02. The largest absolute Gasteiger partial charge is 0.352 e. The minimum absolute atomic E-state index is 0.0449. The highest BCUT2D eigenvalue weighted by Gasteiger charge is 2.27. The molecule has 1 aromatic carbocycles. The molecule has 3 atom stereocenters. The topological polar surface area (TPSA) is 87.3 Å². The molecule has 0 saturated heterocycles. The lowest BCUT2D eigenvalue weighted by atomic mass is 10.0. The molecule has 1 aromatic rings. The quantitative estimate of drug-likeness (QED) is 0.663. The zero-order valence-corrected chi connectivity index (χ0v) is 16.6. The highest BCUT2D eigenvalue weighted by molar-refractivity contribution is 5.99. The Hall–Kier alpha value is -2.37. The van der Waals surface area contributed by atoms with Gasteiger partial charge in [-0.3, -0.25) is 14.4 Å². The fourth-order valence-corrected chi connectivity index (χ4v) is 2.42. The van der Waals surface area contributed by atoms with Crippen molar-refractivity contribution in [3.05, 3.63) is 35.4 Å². The first-order valence-corrected chi connectivity index (χ1v) is 9.14. The predicted octanol–water partition coefficient (Wildman–Crippen LogP) is 2.17. The molecule has 0 radical (unpaired) electrons. The van der Waals surface area contributed by atoms with E-state index >= 15 is 0 Å². The number of hydrogen-bond acceptors (Lipinski definition) is 3. The molecule has 3 N–H and O–H groups in total. The van der Waals surface area contributed by atoms with Gasteiger partial charge in [-0.05, 0) is 44.7 Å². The first kappa shape index (κ1) is 21.7. The molecule has 0 fully saturated rings. The van der Waals surface area contributed by atoms with Crippen molar-refractivity contribution in [1.82, 2.24) is 16.0 Å². The molecule has 144 valence electrons. The zero-order chi connectivity index (χ0) is 19.9. The summed E-state index contributed by atoms with van der Waals surface area (Å²) in [7, 11) is 0. The number of rotatable bonds is 8. The third-order valence-electron chi connectivity index (χ3n) is 4.38. The Kier molecular flexibility index (Phi) is 8.29. The maximum atomic E-state index is 12.6. The van der Waals surface area contributed by atoms with E-state index in [1.54, 1.807) is 19.1 Å². The van der Waals surface area contributed by atoms with Crippen molar-refractivity contribution in [2.24, 2.45) is 5.92 Å². The van der Waals surface area contributed by atoms with Crippen LogP contribution in [0.15, 0.2) is 24.3 Å². The van der Waals surface area contributed by atoms with Gasteiger partial charge >= 0.3 is 0 Å². The number of hydrogen-bond donors (Lipinski definition) is 3. The van der Waals surface area contributed by atoms with Crippen LogP contribution in [-0.2, 0) is 9.59 Å². The molecule has 3 amide bonds. The molecule has 0 aliphatic heterocycles. The average molecular weight is 361 g/mol. The van der Waals surface area contributed by atoms with Crippen LogP contribution in [-0.4, -0.2) is 35.8 Å². The van der Waals surface area contributed by atoms with Gasteiger partial charge in [0.15, 0.2) is 0 Å². The minimum Gasteiger partial charge on any atom is -0.352 e. The second kappa shape index (κ2) is 9.94. The van der Waals surface area contributed by atoms with Gasteiger partial charge in [0.05, 0.1) is 0 Å².